The molecule has 0 aliphatic carbocycles. The molecule has 3 aromatic rings. The number of nitrogens with one attached hydrogen (secondary N) is 1. The molecule has 3 heteroatoms. The molecule has 1 heterocycles. The van der Waals surface area contributed by atoms with Crippen LogP contribution >= 0.6 is 0 Å². The van der Waals surface area contributed by atoms with E-state index in [0.29, 0.717) is 5.92 Å². The van der Waals surface area contributed by atoms with Crippen LogP contribution in [0.25, 0.3) is 23.1 Å². The van der Waals surface area contributed by atoms with Gasteiger partial charge in [0, 0.05) is 35.4 Å². The Morgan fingerprint density at radius 1 is 1.12 bits per heavy atom. The van der Waals surface area contributed by atoms with Gasteiger partial charge in [0.25, 0.3) is 0 Å². The highest BCUT2D eigenvalue weighted by Crippen LogP contribution is 2.26. The van der Waals surface area contributed by atoms with Gasteiger partial charge in [0.15, 0.2) is 0 Å². The molecule has 0 radical (unpaired) electrons. The third kappa shape index (κ3) is 3.77. The summed E-state index contributed by atoms with van der Waals surface area (Å²) in [6.45, 7) is 7.89. The fourth-order valence-electron chi connectivity index (χ4n) is 3.00. The average molecular weight is 344 g/mol. The summed E-state index contributed by atoms with van der Waals surface area (Å²) >= 11 is 0. The molecule has 26 heavy (non-hydrogen) atoms. The highest BCUT2D eigenvalue weighted by molar-refractivity contribution is 6.01. The zero-order chi connectivity index (χ0) is 18.7. The maximum Gasteiger partial charge on any atom is 0.247 e. The van der Waals surface area contributed by atoms with Crippen LogP contribution in [0.4, 0.5) is 5.69 Å². The Hall–Kier alpha value is -3.07. The van der Waals surface area contributed by atoms with Gasteiger partial charge in [-0.3, -0.25) is 4.79 Å². The van der Waals surface area contributed by atoms with Crippen LogP contribution in [-0.2, 0) is 11.8 Å². The van der Waals surface area contributed by atoms with E-state index in [9.17, 15) is 4.79 Å². The monoisotopic (exact) mass is 344 g/mol. The van der Waals surface area contributed by atoms with E-state index in [2.05, 4.69) is 72.9 Å². The minimum absolute atomic E-state index is 0.206. The topological polar surface area (TPSA) is 34.0 Å². The number of amides is 1. The van der Waals surface area contributed by atoms with Crippen LogP contribution in [0.1, 0.15) is 36.5 Å². The number of anilines is 1. The first-order valence-corrected chi connectivity index (χ1v) is 8.78. The molecule has 0 saturated carbocycles. The lowest BCUT2D eigenvalue weighted by Gasteiger charge is -2.04. The molecule has 1 N–H and O–H groups in total. The molecule has 0 aliphatic rings. The molecule has 2 aromatic carbocycles. The van der Waals surface area contributed by atoms with Crippen molar-refractivity contribution in [2.24, 2.45) is 7.05 Å². The second-order valence-electron chi connectivity index (χ2n) is 6.78. The van der Waals surface area contributed by atoms with Gasteiger partial charge in [0.2, 0.25) is 5.91 Å². The number of nitrogens with zero attached hydrogens (tertiary/aromatic N) is 1. The maximum absolute atomic E-state index is 11.5. The lowest BCUT2D eigenvalue weighted by molar-refractivity contribution is -0.111. The Morgan fingerprint density at radius 3 is 2.50 bits per heavy atom. The van der Waals surface area contributed by atoms with Crippen molar-refractivity contribution in [2.45, 2.75) is 19.8 Å². The van der Waals surface area contributed by atoms with Crippen LogP contribution in [-0.4, -0.2) is 10.5 Å². The quantitative estimate of drug-likeness (QED) is 0.601. The largest absolute Gasteiger partial charge is 0.350 e. The summed E-state index contributed by atoms with van der Waals surface area (Å²) in [4.78, 5) is 11.5. The molecule has 0 spiro atoms. The van der Waals surface area contributed by atoms with Gasteiger partial charge in [-0.25, -0.2) is 0 Å². The van der Waals surface area contributed by atoms with Crippen LogP contribution in [0.5, 0.6) is 0 Å². The Bertz CT molecular complexity index is 975. The molecule has 0 aliphatic heterocycles. The summed E-state index contributed by atoms with van der Waals surface area (Å²) in [7, 11) is 2.03. The predicted octanol–water partition coefficient (Wildman–Crippen LogP) is 5.60. The van der Waals surface area contributed by atoms with Crippen molar-refractivity contribution in [3.8, 4) is 0 Å². The van der Waals surface area contributed by atoms with Crippen LogP contribution < -0.4 is 5.32 Å². The zero-order valence-corrected chi connectivity index (χ0v) is 15.5. The number of carbonyl (C=O) groups is 1. The van der Waals surface area contributed by atoms with Crippen molar-refractivity contribution < 1.29 is 4.79 Å². The number of carbonyl (C=O) groups excluding carboxylic acids is 1. The van der Waals surface area contributed by atoms with Gasteiger partial charge >= 0.3 is 0 Å². The second kappa shape index (κ2) is 7.44. The van der Waals surface area contributed by atoms with Gasteiger partial charge in [-0.2, -0.15) is 0 Å². The smallest absolute Gasteiger partial charge is 0.247 e. The molecule has 0 saturated heterocycles. The van der Waals surface area contributed by atoms with E-state index in [1.54, 1.807) is 0 Å². The number of rotatable bonds is 5. The maximum atomic E-state index is 11.5. The van der Waals surface area contributed by atoms with E-state index < -0.39 is 0 Å². The Labute approximate surface area is 154 Å². The van der Waals surface area contributed by atoms with Gasteiger partial charge in [-0.1, -0.05) is 56.8 Å². The predicted molar refractivity (Wildman–Crippen MR) is 111 cm³/mol. The normalized spacial score (nSPS) is 11.4. The Morgan fingerprint density at radius 2 is 1.85 bits per heavy atom. The first-order chi connectivity index (χ1) is 12.5. The van der Waals surface area contributed by atoms with Gasteiger partial charge in [-0.05, 0) is 41.3 Å². The molecule has 0 bridgehead atoms. The number of hydrogen-bond donors (Lipinski definition) is 1. The third-order valence-corrected chi connectivity index (χ3v) is 4.53. The molecule has 0 unspecified atom stereocenters. The molecule has 132 valence electrons. The molecule has 1 amide bonds. The zero-order valence-electron chi connectivity index (χ0n) is 15.5. The van der Waals surface area contributed by atoms with Crippen molar-refractivity contribution in [3.63, 3.8) is 0 Å². The summed E-state index contributed by atoms with van der Waals surface area (Å²) in [6.07, 6.45) is 7.61. The van der Waals surface area contributed by atoms with E-state index >= 15 is 0 Å². The molecular formula is C23H24N2O. The summed E-state index contributed by atoms with van der Waals surface area (Å²) < 4.78 is 2.09. The number of aromatic nitrogens is 1. The first-order valence-electron chi connectivity index (χ1n) is 8.78. The van der Waals surface area contributed by atoms with Gasteiger partial charge < -0.3 is 9.88 Å². The van der Waals surface area contributed by atoms with Crippen molar-refractivity contribution in [1.29, 1.82) is 0 Å². The second-order valence-corrected chi connectivity index (χ2v) is 6.78. The SMILES string of the molecule is C=CC(=O)Nc1ccc2c(c1)c(/C=C/c1ccc(C(C)C)cc1)cn2C. The summed E-state index contributed by atoms with van der Waals surface area (Å²) in [5.41, 5.74) is 5.52. The molecule has 3 nitrogen and oxygen atoms in total. The number of benzene rings is 2. The first kappa shape index (κ1) is 17.7. The minimum Gasteiger partial charge on any atom is -0.350 e. The minimum atomic E-state index is -0.206. The fraction of sp³-hybridized carbons (Fsp3) is 0.174. The lowest BCUT2D eigenvalue weighted by atomic mass is 10.0. The Kier molecular flexibility index (Phi) is 5.08. The summed E-state index contributed by atoms with van der Waals surface area (Å²) in [6, 6.07) is 14.6. The van der Waals surface area contributed by atoms with Crippen molar-refractivity contribution in [1.82, 2.24) is 4.57 Å². The average Bonchev–Trinajstić information content (AvgIpc) is 2.95. The standard InChI is InChI=1S/C23H24N2O/c1-5-23(26)24-20-12-13-22-21(14-20)19(15-25(22)4)11-8-17-6-9-18(10-7-17)16(2)3/h5-16H,1H2,2-4H3,(H,24,26)/b11-8+. The van der Waals surface area contributed by atoms with E-state index in [0.717, 1.165) is 22.2 Å². The molecule has 3 rings (SSSR count). The van der Waals surface area contributed by atoms with Crippen molar-refractivity contribution in [3.05, 3.63) is 78.0 Å². The lowest BCUT2D eigenvalue weighted by Crippen LogP contribution is -2.06. The van der Waals surface area contributed by atoms with E-state index in [4.69, 9.17) is 0 Å². The van der Waals surface area contributed by atoms with E-state index in [1.807, 2.05) is 25.2 Å². The van der Waals surface area contributed by atoms with Crippen molar-refractivity contribution in [2.75, 3.05) is 5.32 Å². The molecular weight excluding hydrogens is 320 g/mol. The fourth-order valence-corrected chi connectivity index (χ4v) is 3.00. The van der Waals surface area contributed by atoms with Gasteiger partial charge in [0.05, 0.1) is 0 Å². The number of fused-ring (bicyclic) bond motifs is 1. The highest BCUT2D eigenvalue weighted by Gasteiger charge is 2.06. The van der Waals surface area contributed by atoms with Crippen LogP contribution in [0.15, 0.2) is 61.3 Å². The highest BCUT2D eigenvalue weighted by atomic mass is 16.1. The number of hydrogen-bond acceptors (Lipinski definition) is 1. The third-order valence-electron chi connectivity index (χ3n) is 4.53. The molecule has 0 atom stereocenters. The van der Waals surface area contributed by atoms with Crippen LogP contribution in [0, 0.1) is 0 Å². The van der Waals surface area contributed by atoms with Crippen LogP contribution in [0.2, 0.25) is 0 Å². The Balaban J connectivity index is 1.92. The summed E-state index contributed by atoms with van der Waals surface area (Å²) in [5.74, 6) is 0.331. The van der Waals surface area contributed by atoms with Crippen molar-refractivity contribution >= 4 is 34.6 Å². The molecule has 0 fully saturated rings. The van der Waals surface area contributed by atoms with Gasteiger partial charge in [-0.15, -0.1) is 0 Å². The van der Waals surface area contributed by atoms with Gasteiger partial charge in [0.1, 0.15) is 0 Å². The van der Waals surface area contributed by atoms with E-state index in [1.165, 1.54) is 17.2 Å². The molecule has 1 aromatic heterocycles. The summed E-state index contributed by atoms with van der Waals surface area (Å²) in [5, 5.41) is 3.92. The van der Waals surface area contributed by atoms with E-state index in [-0.39, 0.29) is 5.91 Å². The number of aryl methyl sites for hydroxylation is 1. The van der Waals surface area contributed by atoms with Crippen LogP contribution in [0.3, 0.4) is 0 Å².